The Kier molecular flexibility index (Phi) is 9.16. The summed E-state index contributed by atoms with van der Waals surface area (Å²) in [5, 5.41) is 4.49. The van der Waals surface area contributed by atoms with Gasteiger partial charge in [-0.1, -0.05) is 39.0 Å². The second kappa shape index (κ2) is 12.2. The summed E-state index contributed by atoms with van der Waals surface area (Å²) in [5.41, 5.74) is 11.5. The average molecular weight is 555 g/mol. The highest BCUT2D eigenvalue weighted by Gasteiger charge is 2.30. The molecule has 1 fully saturated rings. The highest BCUT2D eigenvalue weighted by molar-refractivity contribution is 7.89. The van der Waals surface area contributed by atoms with E-state index in [0.717, 1.165) is 53.5 Å². The number of aromatic nitrogens is 1. The lowest BCUT2D eigenvalue weighted by atomic mass is 9.88. The van der Waals surface area contributed by atoms with Gasteiger partial charge in [-0.15, -0.1) is 0 Å². The molecule has 4 rings (SSSR count). The summed E-state index contributed by atoms with van der Waals surface area (Å²) in [4.78, 5) is 15.7. The third-order valence-electron chi connectivity index (χ3n) is 7.37. The van der Waals surface area contributed by atoms with Crippen LogP contribution in [0.5, 0.6) is 0 Å². The van der Waals surface area contributed by atoms with Crippen molar-refractivity contribution in [1.29, 1.82) is 0 Å². The second-order valence-corrected chi connectivity index (χ2v) is 13.8. The number of methoxy groups -OCH3 is 1. The number of nitrogens with zero attached hydrogens (tertiary/aromatic N) is 1. The first-order chi connectivity index (χ1) is 18.5. The van der Waals surface area contributed by atoms with Gasteiger partial charge in [0.05, 0.1) is 16.8 Å². The van der Waals surface area contributed by atoms with Gasteiger partial charge in [0, 0.05) is 51.5 Å². The molecule has 0 spiro atoms. The molecule has 0 radical (unpaired) electrons. The maximum Gasteiger partial charge on any atom is 0.250 e. The molecule has 3 aromatic rings. The summed E-state index contributed by atoms with van der Waals surface area (Å²) in [5.74, 6) is -0.183. The van der Waals surface area contributed by atoms with Crippen LogP contribution >= 0.6 is 0 Å². The van der Waals surface area contributed by atoms with Crippen LogP contribution in [0.3, 0.4) is 0 Å². The minimum Gasteiger partial charge on any atom is -0.385 e. The standard InChI is InChI=1S/C30H42N4O4S/c1-30(2,3)20-32-18-21-7-5-8-23(15-21)24-16-25-27(19-33-28(25)26(17-24)29(31)35)22-9-11-34(12-10-22)39(36,37)14-6-13-38-4/h5,7-8,15-17,19,22,32-33H,6,9-14,18,20H2,1-4H3,(H2,31,35). The van der Waals surface area contributed by atoms with Crippen LogP contribution in [0.4, 0.5) is 0 Å². The number of fused-ring (bicyclic) bond motifs is 1. The lowest BCUT2D eigenvalue weighted by Crippen LogP contribution is -2.39. The molecule has 0 aliphatic carbocycles. The molecule has 9 heteroatoms. The number of hydrogen-bond acceptors (Lipinski definition) is 5. The van der Waals surface area contributed by atoms with Crippen molar-refractivity contribution in [3.63, 3.8) is 0 Å². The monoisotopic (exact) mass is 554 g/mol. The van der Waals surface area contributed by atoms with Gasteiger partial charge in [0.2, 0.25) is 10.0 Å². The fourth-order valence-corrected chi connectivity index (χ4v) is 6.86. The van der Waals surface area contributed by atoms with Gasteiger partial charge in [0.25, 0.3) is 5.91 Å². The molecule has 212 valence electrons. The van der Waals surface area contributed by atoms with Crippen LogP contribution in [-0.4, -0.2) is 62.7 Å². The van der Waals surface area contributed by atoms with E-state index in [1.807, 2.05) is 18.3 Å². The number of carbonyl (C=O) groups excluding carboxylic acids is 1. The summed E-state index contributed by atoms with van der Waals surface area (Å²) >= 11 is 0. The minimum atomic E-state index is -3.29. The van der Waals surface area contributed by atoms with E-state index in [4.69, 9.17) is 10.5 Å². The van der Waals surface area contributed by atoms with Crippen LogP contribution in [0.25, 0.3) is 22.0 Å². The lowest BCUT2D eigenvalue weighted by Gasteiger charge is -2.31. The fraction of sp³-hybridized carbons (Fsp3) is 0.500. The molecule has 1 saturated heterocycles. The first kappa shape index (κ1) is 29.3. The minimum absolute atomic E-state index is 0.106. The van der Waals surface area contributed by atoms with Crippen molar-refractivity contribution in [2.45, 2.75) is 52.5 Å². The zero-order valence-corrected chi connectivity index (χ0v) is 24.4. The second-order valence-electron chi connectivity index (χ2n) is 11.8. The molecule has 1 aliphatic heterocycles. The Labute approximate surface area is 232 Å². The molecule has 0 bridgehead atoms. The predicted molar refractivity (Wildman–Crippen MR) is 157 cm³/mol. The quantitative estimate of drug-likeness (QED) is 0.299. The maximum atomic E-state index is 12.7. The van der Waals surface area contributed by atoms with Crippen LogP contribution < -0.4 is 11.1 Å². The van der Waals surface area contributed by atoms with Crippen molar-refractivity contribution in [1.82, 2.24) is 14.6 Å². The van der Waals surface area contributed by atoms with Gasteiger partial charge < -0.3 is 20.8 Å². The molecule has 0 saturated carbocycles. The molecule has 0 atom stereocenters. The van der Waals surface area contributed by atoms with Gasteiger partial charge in [-0.3, -0.25) is 4.79 Å². The maximum absolute atomic E-state index is 12.7. The SMILES string of the molecule is COCCCS(=O)(=O)N1CCC(c2c[nH]c3c(C(N)=O)cc(-c4cccc(CNCC(C)(C)C)c4)cc23)CC1. The number of carbonyl (C=O) groups is 1. The Morgan fingerprint density at radius 2 is 1.90 bits per heavy atom. The number of nitrogens with one attached hydrogen (secondary N) is 2. The summed E-state index contributed by atoms with van der Waals surface area (Å²) in [6.45, 7) is 9.70. The van der Waals surface area contributed by atoms with Gasteiger partial charge in [0.1, 0.15) is 0 Å². The van der Waals surface area contributed by atoms with E-state index in [9.17, 15) is 13.2 Å². The number of ether oxygens (including phenoxy) is 1. The highest BCUT2D eigenvalue weighted by atomic mass is 32.2. The molecule has 2 heterocycles. The topological polar surface area (TPSA) is 118 Å². The van der Waals surface area contributed by atoms with Crippen LogP contribution in [0.1, 0.15) is 67.4 Å². The first-order valence-electron chi connectivity index (χ1n) is 13.7. The van der Waals surface area contributed by atoms with E-state index in [2.05, 4.69) is 55.3 Å². The van der Waals surface area contributed by atoms with E-state index in [1.54, 1.807) is 11.4 Å². The van der Waals surface area contributed by atoms with Crippen molar-refractivity contribution < 1.29 is 17.9 Å². The van der Waals surface area contributed by atoms with Crippen molar-refractivity contribution in [3.8, 4) is 11.1 Å². The summed E-state index contributed by atoms with van der Waals surface area (Å²) in [6.07, 6.45) is 3.90. The van der Waals surface area contributed by atoms with Gasteiger partial charge >= 0.3 is 0 Å². The fourth-order valence-electron chi connectivity index (χ4n) is 5.35. The van der Waals surface area contributed by atoms with E-state index in [1.165, 1.54) is 5.56 Å². The van der Waals surface area contributed by atoms with Gasteiger partial charge in [0.15, 0.2) is 0 Å². The summed E-state index contributed by atoms with van der Waals surface area (Å²) in [6, 6.07) is 12.3. The number of aromatic amines is 1. The lowest BCUT2D eigenvalue weighted by molar-refractivity contribution is 0.100. The van der Waals surface area contributed by atoms with Gasteiger partial charge in [-0.25, -0.2) is 12.7 Å². The number of rotatable bonds is 11. The van der Waals surface area contributed by atoms with Crippen molar-refractivity contribution in [3.05, 3.63) is 59.3 Å². The van der Waals surface area contributed by atoms with E-state index >= 15 is 0 Å². The number of H-pyrrole nitrogens is 1. The molecule has 1 aliphatic rings. The normalized spacial score (nSPS) is 15.7. The van der Waals surface area contributed by atoms with E-state index in [0.29, 0.717) is 31.7 Å². The Bertz CT molecular complexity index is 1400. The number of nitrogens with two attached hydrogens (primary N) is 1. The van der Waals surface area contributed by atoms with Gasteiger partial charge in [-0.05, 0) is 71.0 Å². The number of amides is 1. The highest BCUT2D eigenvalue weighted by Crippen LogP contribution is 2.37. The Hall–Kier alpha value is -2.72. The molecule has 8 nitrogen and oxygen atoms in total. The Morgan fingerprint density at radius 1 is 1.15 bits per heavy atom. The number of sulfonamides is 1. The molecule has 4 N–H and O–H groups in total. The van der Waals surface area contributed by atoms with E-state index in [-0.39, 0.29) is 17.1 Å². The van der Waals surface area contributed by atoms with Crippen molar-refractivity contribution in [2.24, 2.45) is 11.1 Å². The third kappa shape index (κ3) is 7.28. The Morgan fingerprint density at radius 3 is 2.56 bits per heavy atom. The third-order valence-corrected chi connectivity index (χ3v) is 9.33. The van der Waals surface area contributed by atoms with Crippen LogP contribution in [0, 0.1) is 5.41 Å². The number of piperidine rings is 1. The molecule has 1 aromatic heterocycles. The largest absolute Gasteiger partial charge is 0.385 e. The molecular weight excluding hydrogens is 512 g/mol. The van der Waals surface area contributed by atoms with Crippen molar-refractivity contribution >= 4 is 26.8 Å². The average Bonchev–Trinajstić information content (AvgIpc) is 3.32. The molecule has 1 amide bonds. The summed E-state index contributed by atoms with van der Waals surface area (Å²) < 4.78 is 32.1. The Balaban J connectivity index is 1.58. The molecular formula is C30H42N4O4S. The molecule has 0 unspecified atom stereocenters. The van der Waals surface area contributed by atoms with Crippen LogP contribution in [0.15, 0.2) is 42.6 Å². The number of benzene rings is 2. The van der Waals surface area contributed by atoms with Crippen molar-refractivity contribution in [2.75, 3.05) is 39.1 Å². The summed E-state index contributed by atoms with van der Waals surface area (Å²) in [7, 11) is -1.71. The molecule has 39 heavy (non-hydrogen) atoms. The first-order valence-corrected chi connectivity index (χ1v) is 15.3. The number of hydrogen-bond donors (Lipinski definition) is 3. The van der Waals surface area contributed by atoms with Crippen LogP contribution in [-0.2, 0) is 21.3 Å². The smallest absolute Gasteiger partial charge is 0.250 e. The van der Waals surface area contributed by atoms with Gasteiger partial charge in [-0.2, -0.15) is 0 Å². The zero-order chi connectivity index (χ0) is 28.2. The number of primary amides is 1. The zero-order valence-electron chi connectivity index (χ0n) is 23.5. The predicted octanol–water partition coefficient (Wildman–Crippen LogP) is 4.62. The van der Waals surface area contributed by atoms with Crippen LogP contribution in [0.2, 0.25) is 0 Å². The molecule has 2 aromatic carbocycles. The van der Waals surface area contributed by atoms with E-state index < -0.39 is 15.9 Å².